The van der Waals surface area contributed by atoms with E-state index >= 15 is 0 Å². The van der Waals surface area contributed by atoms with Crippen LogP contribution >= 0.6 is 0 Å². The maximum Gasteiger partial charge on any atom is 0.307 e. The Morgan fingerprint density at radius 2 is 2.00 bits per heavy atom. The molecule has 0 aliphatic carbocycles. The first-order valence-electron chi connectivity index (χ1n) is 6.23. The number of carboxylic acids is 1. The molecule has 0 bridgehead atoms. The van der Waals surface area contributed by atoms with Crippen LogP contribution in [0.2, 0.25) is 0 Å². The first-order valence-corrected chi connectivity index (χ1v) is 6.23. The van der Waals surface area contributed by atoms with Crippen molar-refractivity contribution in [1.82, 2.24) is 0 Å². The lowest BCUT2D eigenvalue weighted by atomic mass is 10.0. The summed E-state index contributed by atoms with van der Waals surface area (Å²) in [6, 6.07) is 6.13. The molecule has 3 nitrogen and oxygen atoms in total. The molecule has 0 spiro atoms. The van der Waals surface area contributed by atoms with Crippen LogP contribution in [0.3, 0.4) is 0 Å². The maximum absolute atomic E-state index is 10.9. The molecule has 0 radical (unpaired) electrons. The summed E-state index contributed by atoms with van der Waals surface area (Å²) >= 11 is 0. The van der Waals surface area contributed by atoms with E-state index in [0.29, 0.717) is 0 Å². The van der Waals surface area contributed by atoms with Crippen LogP contribution in [0.4, 0.5) is 5.69 Å². The van der Waals surface area contributed by atoms with Crippen LogP contribution in [-0.4, -0.2) is 24.2 Å². The highest BCUT2D eigenvalue weighted by Crippen LogP contribution is 2.25. The summed E-state index contributed by atoms with van der Waals surface area (Å²) in [5, 5.41) is 8.96. The number of benzene rings is 1. The van der Waals surface area contributed by atoms with Gasteiger partial charge in [-0.05, 0) is 37.8 Å². The van der Waals surface area contributed by atoms with Crippen LogP contribution in [-0.2, 0) is 11.2 Å². The number of aryl methyl sites for hydroxylation is 1. The molecule has 1 fully saturated rings. The Morgan fingerprint density at radius 1 is 1.29 bits per heavy atom. The second-order valence-corrected chi connectivity index (χ2v) is 4.75. The highest BCUT2D eigenvalue weighted by atomic mass is 16.4. The van der Waals surface area contributed by atoms with Gasteiger partial charge >= 0.3 is 5.97 Å². The zero-order valence-electron chi connectivity index (χ0n) is 10.3. The van der Waals surface area contributed by atoms with E-state index < -0.39 is 5.97 Å². The predicted molar refractivity (Wildman–Crippen MR) is 68.6 cm³/mol. The van der Waals surface area contributed by atoms with Gasteiger partial charge in [0.1, 0.15) is 0 Å². The molecule has 0 amide bonds. The Bertz CT molecular complexity index is 409. The van der Waals surface area contributed by atoms with E-state index in [1.54, 1.807) is 0 Å². The van der Waals surface area contributed by atoms with Gasteiger partial charge in [-0.25, -0.2) is 0 Å². The molecule has 1 aliphatic rings. The molecule has 17 heavy (non-hydrogen) atoms. The largest absolute Gasteiger partial charge is 0.481 e. The van der Waals surface area contributed by atoms with E-state index in [4.69, 9.17) is 5.11 Å². The van der Waals surface area contributed by atoms with E-state index in [-0.39, 0.29) is 6.42 Å². The average molecular weight is 233 g/mol. The molecule has 92 valence electrons. The number of nitrogens with zero attached hydrogens (tertiary/aromatic N) is 1. The van der Waals surface area contributed by atoms with Gasteiger partial charge in [0.15, 0.2) is 0 Å². The first-order chi connectivity index (χ1) is 8.16. The Labute approximate surface area is 102 Å². The lowest BCUT2D eigenvalue weighted by Gasteiger charge is -2.30. The lowest BCUT2D eigenvalue weighted by Crippen LogP contribution is -2.30. The number of hydrogen-bond acceptors (Lipinski definition) is 2. The van der Waals surface area contributed by atoms with Crippen molar-refractivity contribution in [2.45, 2.75) is 32.6 Å². The lowest BCUT2D eigenvalue weighted by molar-refractivity contribution is -0.136. The molecule has 1 saturated heterocycles. The third-order valence-corrected chi connectivity index (χ3v) is 3.27. The van der Waals surface area contributed by atoms with Crippen LogP contribution in [0, 0.1) is 6.92 Å². The van der Waals surface area contributed by atoms with Gasteiger partial charge in [-0.1, -0.05) is 17.7 Å². The third kappa shape index (κ3) is 2.99. The molecule has 3 heteroatoms. The van der Waals surface area contributed by atoms with Crippen molar-refractivity contribution in [2.75, 3.05) is 18.0 Å². The number of rotatable bonds is 3. The second-order valence-electron chi connectivity index (χ2n) is 4.75. The van der Waals surface area contributed by atoms with E-state index in [0.717, 1.165) is 29.9 Å². The summed E-state index contributed by atoms with van der Waals surface area (Å²) in [5.74, 6) is -0.756. The molecule has 1 heterocycles. The van der Waals surface area contributed by atoms with Gasteiger partial charge in [0.2, 0.25) is 0 Å². The summed E-state index contributed by atoms with van der Waals surface area (Å²) in [5.41, 5.74) is 3.18. The monoisotopic (exact) mass is 233 g/mol. The van der Waals surface area contributed by atoms with Crippen LogP contribution < -0.4 is 4.90 Å². The van der Waals surface area contributed by atoms with Crippen molar-refractivity contribution in [2.24, 2.45) is 0 Å². The van der Waals surface area contributed by atoms with Crippen molar-refractivity contribution < 1.29 is 9.90 Å². The van der Waals surface area contributed by atoms with Crippen LogP contribution in [0.1, 0.15) is 30.4 Å². The number of carbonyl (C=O) groups is 1. The molecule has 0 saturated carbocycles. The fourth-order valence-corrected chi connectivity index (χ4v) is 2.46. The van der Waals surface area contributed by atoms with E-state index in [9.17, 15) is 4.79 Å². The first kappa shape index (κ1) is 12.0. The molecule has 0 atom stereocenters. The Balaban J connectivity index is 2.27. The third-order valence-electron chi connectivity index (χ3n) is 3.27. The fraction of sp³-hybridized carbons (Fsp3) is 0.500. The SMILES string of the molecule is Cc1ccc(N2CCCCC2)c(CC(=O)O)c1. The molecule has 1 aromatic rings. The zero-order valence-corrected chi connectivity index (χ0v) is 10.3. The molecule has 2 rings (SSSR count). The van der Waals surface area contributed by atoms with Gasteiger partial charge in [0.05, 0.1) is 6.42 Å². The summed E-state index contributed by atoms with van der Waals surface area (Å²) < 4.78 is 0. The number of carboxylic acid groups (broad SMARTS) is 1. The van der Waals surface area contributed by atoms with Crippen molar-refractivity contribution >= 4 is 11.7 Å². The van der Waals surface area contributed by atoms with Crippen molar-refractivity contribution in [3.63, 3.8) is 0 Å². The predicted octanol–water partition coefficient (Wildman–Crippen LogP) is 2.61. The van der Waals surface area contributed by atoms with Gasteiger partial charge in [-0.3, -0.25) is 4.79 Å². The molecular weight excluding hydrogens is 214 g/mol. The summed E-state index contributed by atoms with van der Waals surface area (Å²) in [6.07, 6.45) is 3.82. The molecule has 1 aliphatic heterocycles. The van der Waals surface area contributed by atoms with Gasteiger partial charge in [0.25, 0.3) is 0 Å². The smallest absolute Gasteiger partial charge is 0.307 e. The fourth-order valence-electron chi connectivity index (χ4n) is 2.46. The maximum atomic E-state index is 10.9. The van der Waals surface area contributed by atoms with Crippen LogP contribution in [0.15, 0.2) is 18.2 Å². The normalized spacial score (nSPS) is 15.9. The van der Waals surface area contributed by atoms with Gasteiger partial charge in [-0.15, -0.1) is 0 Å². The summed E-state index contributed by atoms with van der Waals surface area (Å²) in [7, 11) is 0. The second kappa shape index (κ2) is 5.21. The Kier molecular flexibility index (Phi) is 3.67. The molecule has 0 unspecified atom stereocenters. The van der Waals surface area contributed by atoms with Crippen molar-refractivity contribution in [3.05, 3.63) is 29.3 Å². The highest BCUT2D eigenvalue weighted by molar-refractivity contribution is 5.74. The van der Waals surface area contributed by atoms with Gasteiger partial charge in [0, 0.05) is 18.8 Å². The van der Waals surface area contributed by atoms with Crippen LogP contribution in [0.25, 0.3) is 0 Å². The summed E-state index contributed by atoms with van der Waals surface area (Å²) in [6.45, 7) is 4.11. The van der Waals surface area contributed by atoms with Crippen molar-refractivity contribution in [3.8, 4) is 0 Å². The zero-order chi connectivity index (χ0) is 12.3. The standard InChI is InChI=1S/C14H19NO2/c1-11-5-6-13(12(9-11)10-14(16)17)15-7-3-2-4-8-15/h5-6,9H,2-4,7-8,10H2,1H3,(H,16,17). The minimum absolute atomic E-state index is 0.119. The molecule has 1 N–H and O–H groups in total. The molecular formula is C14H19NO2. The van der Waals surface area contributed by atoms with Crippen LogP contribution in [0.5, 0.6) is 0 Å². The quantitative estimate of drug-likeness (QED) is 0.872. The van der Waals surface area contributed by atoms with E-state index in [1.807, 2.05) is 13.0 Å². The van der Waals surface area contributed by atoms with Gasteiger partial charge < -0.3 is 10.0 Å². The minimum atomic E-state index is -0.756. The number of piperidine rings is 1. The highest BCUT2D eigenvalue weighted by Gasteiger charge is 2.15. The Morgan fingerprint density at radius 3 is 2.65 bits per heavy atom. The number of aliphatic carboxylic acids is 1. The van der Waals surface area contributed by atoms with E-state index in [1.165, 1.54) is 19.3 Å². The minimum Gasteiger partial charge on any atom is -0.481 e. The molecule has 0 aromatic heterocycles. The topological polar surface area (TPSA) is 40.5 Å². The number of anilines is 1. The van der Waals surface area contributed by atoms with Gasteiger partial charge in [-0.2, -0.15) is 0 Å². The van der Waals surface area contributed by atoms with E-state index in [2.05, 4.69) is 17.0 Å². The Hall–Kier alpha value is -1.51. The average Bonchev–Trinajstić information content (AvgIpc) is 2.29. The molecule has 1 aromatic carbocycles. The summed E-state index contributed by atoms with van der Waals surface area (Å²) in [4.78, 5) is 13.2. The number of hydrogen-bond donors (Lipinski definition) is 1. The van der Waals surface area contributed by atoms with Crippen molar-refractivity contribution in [1.29, 1.82) is 0 Å².